The predicted octanol–water partition coefficient (Wildman–Crippen LogP) is 2.74. The molecule has 34 heavy (non-hydrogen) atoms. The molecule has 0 bridgehead atoms. The van der Waals surface area contributed by atoms with Crippen molar-refractivity contribution in [2.75, 3.05) is 6.54 Å². The summed E-state index contributed by atoms with van der Waals surface area (Å²) in [5.74, 6) is -1.52. The number of aryl methyl sites for hydroxylation is 1. The fourth-order valence-electron chi connectivity index (χ4n) is 3.41. The van der Waals surface area contributed by atoms with Crippen LogP contribution in [-0.2, 0) is 17.9 Å². The van der Waals surface area contributed by atoms with Crippen molar-refractivity contribution >= 4 is 39.3 Å². The Kier molecular flexibility index (Phi) is 6.69. The van der Waals surface area contributed by atoms with Crippen LogP contribution in [0.25, 0.3) is 10.2 Å². The van der Waals surface area contributed by atoms with Gasteiger partial charge in [-0.25, -0.2) is 4.39 Å². The molecule has 0 radical (unpaired) electrons. The number of nitrogens with zero attached hydrogens (tertiary/aromatic N) is 2. The lowest BCUT2D eigenvalue weighted by Gasteiger charge is -2.06. The first kappa shape index (κ1) is 23.1. The molecule has 3 amide bonds. The van der Waals surface area contributed by atoms with Gasteiger partial charge in [-0.3, -0.25) is 19.1 Å². The van der Waals surface area contributed by atoms with Crippen LogP contribution in [0.15, 0.2) is 54.6 Å². The minimum Gasteiger partial charge on any atom is -0.368 e. The van der Waals surface area contributed by atoms with Crippen molar-refractivity contribution in [3.63, 3.8) is 0 Å². The SMILES string of the molecule is Cc1nn(Cc2ccc(F)cc2)c2sc(C(=O)NCc3ccc(C(=O)NCC(N)=O)cc3)cc12. The number of thiophene rings is 1. The van der Waals surface area contributed by atoms with Crippen LogP contribution in [0.3, 0.4) is 0 Å². The van der Waals surface area contributed by atoms with Gasteiger partial charge in [-0.15, -0.1) is 11.3 Å². The Labute approximate surface area is 198 Å². The van der Waals surface area contributed by atoms with Gasteiger partial charge in [-0.1, -0.05) is 24.3 Å². The van der Waals surface area contributed by atoms with Gasteiger partial charge >= 0.3 is 0 Å². The molecule has 10 heteroatoms. The average molecular weight is 480 g/mol. The zero-order valence-electron chi connectivity index (χ0n) is 18.3. The maximum Gasteiger partial charge on any atom is 0.261 e. The lowest BCUT2D eigenvalue weighted by atomic mass is 10.1. The van der Waals surface area contributed by atoms with E-state index in [2.05, 4.69) is 15.7 Å². The van der Waals surface area contributed by atoms with Crippen molar-refractivity contribution in [3.8, 4) is 0 Å². The monoisotopic (exact) mass is 479 g/mol. The van der Waals surface area contributed by atoms with E-state index in [-0.39, 0.29) is 24.8 Å². The maximum absolute atomic E-state index is 13.2. The lowest BCUT2D eigenvalue weighted by molar-refractivity contribution is -0.117. The number of aromatic nitrogens is 2. The number of primary amides is 1. The van der Waals surface area contributed by atoms with E-state index < -0.39 is 11.8 Å². The summed E-state index contributed by atoms with van der Waals surface area (Å²) in [6.07, 6.45) is 0. The standard InChI is InChI=1S/C24H22FN5O3S/c1-14-19-10-20(34-24(19)30(29-14)13-16-4-8-18(25)9-5-16)23(33)27-11-15-2-6-17(7-3-15)22(32)28-12-21(26)31/h2-10H,11-13H2,1H3,(H2,26,31)(H,27,33)(H,28,32). The molecule has 0 unspecified atom stereocenters. The van der Waals surface area contributed by atoms with Crippen molar-refractivity contribution < 1.29 is 18.8 Å². The molecule has 8 nitrogen and oxygen atoms in total. The van der Waals surface area contributed by atoms with Crippen LogP contribution in [0.2, 0.25) is 0 Å². The fourth-order valence-corrected chi connectivity index (χ4v) is 4.48. The van der Waals surface area contributed by atoms with E-state index in [0.29, 0.717) is 17.0 Å². The third-order valence-corrected chi connectivity index (χ3v) is 6.32. The van der Waals surface area contributed by atoms with Crippen molar-refractivity contribution in [2.24, 2.45) is 5.73 Å². The Balaban J connectivity index is 1.41. The number of halogens is 1. The van der Waals surface area contributed by atoms with E-state index in [0.717, 1.165) is 27.0 Å². The molecule has 0 atom stereocenters. The van der Waals surface area contributed by atoms with E-state index >= 15 is 0 Å². The first-order valence-corrected chi connectivity index (χ1v) is 11.3. The van der Waals surface area contributed by atoms with Crippen LogP contribution in [-0.4, -0.2) is 34.0 Å². The molecule has 0 aliphatic carbocycles. The highest BCUT2D eigenvalue weighted by Crippen LogP contribution is 2.29. The second kappa shape index (κ2) is 9.84. The Bertz CT molecular complexity index is 1360. The first-order chi connectivity index (χ1) is 16.3. The Hall–Kier alpha value is -4.05. The van der Waals surface area contributed by atoms with Gasteiger partial charge in [-0.05, 0) is 48.4 Å². The van der Waals surface area contributed by atoms with E-state index in [9.17, 15) is 18.8 Å². The number of hydrogen-bond donors (Lipinski definition) is 3. The molecule has 0 aliphatic rings. The van der Waals surface area contributed by atoms with Gasteiger partial charge in [0.05, 0.1) is 23.7 Å². The van der Waals surface area contributed by atoms with Crippen molar-refractivity contribution in [3.05, 3.63) is 87.7 Å². The summed E-state index contributed by atoms with van der Waals surface area (Å²) in [4.78, 5) is 36.9. The third kappa shape index (κ3) is 5.29. The predicted molar refractivity (Wildman–Crippen MR) is 127 cm³/mol. The van der Waals surface area contributed by atoms with Gasteiger partial charge in [0.2, 0.25) is 5.91 Å². The molecule has 2 aromatic carbocycles. The van der Waals surface area contributed by atoms with Gasteiger partial charge < -0.3 is 16.4 Å². The number of benzene rings is 2. The topological polar surface area (TPSA) is 119 Å². The number of amides is 3. The van der Waals surface area contributed by atoms with E-state index in [1.165, 1.54) is 23.5 Å². The van der Waals surface area contributed by atoms with Crippen molar-refractivity contribution in [1.82, 2.24) is 20.4 Å². The summed E-state index contributed by atoms with van der Waals surface area (Å²) >= 11 is 1.35. The van der Waals surface area contributed by atoms with Gasteiger partial charge in [0.15, 0.2) is 0 Å². The number of rotatable bonds is 8. The Morgan fingerprint density at radius 2 is 1.68 bits per heavy atom. The van der Waals surface area contributed by atoms with Crippen molar-refractivity contribution in [1.29, 1.82) is 0 Å². The molecule has 2 heterocycles. The largest absolute Gasteiger partial charge is 0.368 e. The van der Waals surface area contributed by atoms with Crippen LogP contribution in [0.5, 0.6) is 0 Å². The third-order valence-electron chi connectivity index (χ3n) is 5.17. The van der Waals surface area contributed by atoms with Crippen molar-refractivity contribution in [2.45, 2.75) is 20.0 Å². The highest BCUT2D eigenvalue weighted by Gasteiger charge is 2.16. The second-order valence-corrected chi connectivity index (χ2v) is 8.76. The molecule has 2 aromatic heterocycles. The molecule has 4 N–H and O–H groups in total. The van der Waals surface area contributed by atoms with E-state index in [4.69, 9.17) is 5.73 Å². The zero-order valence-corrected chi connectivity index (χ0v) is 19.1. The number of fused-ring (bicyclic) bond motifs is 1. The fraction of sp³-hybridized carbons (Fsp3) is 0.167. The molecule has 0 fully saturated rings. The minimum absolute atomic E-state index is 0.211. The van der Waals surface area contributed by atoms with Crippen LogP contribution in [0.4, 0.5) is 4.39 Å². The van der Waals surface area contributed by atoms with Crippen LogP contribution >= 0.6 is 11.3 Å². The zero-order chi connectivity index (χ0) is 24.2. The smallest absolute Gasteiger partial charge is 0.261 e. The lowest BCUT2D eigenvalue weighted by Crippen LogP contribution is -2.33. The highest BCUT2D eigenvalue weighted by molar-refractivity contribution is 7.20. The summed E-state index contributed by atoms with van der Waals surface area (Å²) in [6, 6.07) is 14.8. The van der Waals surface area contributed by atoms with Gasteiger partial charge in [0.25, 0.3) is 11.8 Å². The minimum atomic E-state index is -0.618. The van der Waals surface area contributed by atoms with Crippen LogP contribution in [0, 0.1) is 12.7 Å². The van der Waals surface area contributed by atoms with Crippen LogP contribution < -0.4 is 16.4 Å². The number of carbonyl (C=O) groups is 3. The summed E-state index contributed by atoms with van der Waals surface area (Å²) in [7, 11) is 0. The molecular formula is C24H22FN5O3S. The number of hydrogen-bond acceptors (Lipinski definition) is 5. The second-order valence-electron chi connectivity index (χ2n) is 7.73. The van der Waals surface area contributed by atoms with Crippen LogP contribution in [0.1, 0.15) is 36.9 Å². The van der Waals surface area contributed by atoms with Gasteiger partial charge in [0, 0.05) is 17.5 Å². The number of carbonyl (C=O) groups excluding carboxylic acids is 3. The normalized spacial score (nSPS) is 10.9. The molecule has 4 aromatic rings. The molecule has 0 saturated carbocycles. The highest BCUT2D eigenvalue weighted by atomic mass is 32.1. The number of nitrogens with two attached hydrogens (primary N) is 1. The van der Waals surface area contributed by atoms with E-state index in [1.54, 1.807) is 36.4 Å². The first-order valence-electron chi connectivity index (χ1n) is 10.4. The maximum atomic E-state index is 13.2. The Morgan fingerprint density at radius 1 is 1.00 bits per heavy atom. The molecule has 174 valence electrons. The van der Waals surface area contributed by atoms with Gasteiger partial charge in [-0.2, -0.15) is 5.10 Å². The van der Waals surface area contributed by atoms with E-state index in [1.807, 2.05) is 17.7 Å². The quantitative estimate of drug-likeness (QED) is 0.360. The molecule has 4 rings (SSSR count). The van der Waals surface area contributed by atoms with Gasteiger partial charge in [0.1, 0.15) is 10.6 Å². The number of nitrogens with one attached hydrogen (secondary N) is 2. The summed E-state index contributed by atoms with van der Waals surface area (Å²) in [5.41, 5.74) is 7.96. The summed E-state index contributed by atoms with van der Waals surface area (Å²) in [5, 5.41) is 10.8. The molecular weight excluding hydrogens is 457 g/mol. The molecule has 0 spiro atoms. The summed E-state index contributed by atoms with van der Waals surface area (Å²) < 4.78 is 15.0. The average Bonchev–Trinajstić information content (AvgIpc) is 3.39. The Morgan fingerprint density at radius 3 is 2.35 bits per heavy atom. The molecule has 0 aliphatic heterocycles. The summed E-state index contributed by atoms with van der Waals surface area (Å²) in [6.45, 7) is 2.43. The molecule has 0 saturated heterocycles.